The van der Waals surface area contributed by atoms with E-state index >= 15 is 0 Å². The van der Waals surface area contributed by atoms with Crippen molar-refractivity contribution in [2.45, 2.75) is 103 Å². The monoisotopic (exact) mass is 503 g/mol. The van der Waals surface area contributed by atoms with Gasteiger partial charge in [-0.2, -0.15) is 0 Å². The Bertz CT molecular complexity index is 947. The van der Waals surface area contributed by atoms with Gasteiger partial charge in [-0.1, -0.05) is 39.3 Å². The van der Waals surface area contributed by atoms with E-state index in [0.717, 1.165) is 56.4 Å². The average Bonchev–Trinajstić information content (AvgIpc) is 3.45. The predicted molar refractivity (Wildman–Crippen MR) is 139 cm³/mol. The summed E-state index contributed by atoms with van der Waals surface area (Å²) in [5.74, 6) is -0.756. The highest BCUT2D eigenvalue weighted by Crippen LogP contribution is 2.42. The van der Waals surface area contributed by atoms with Crippen LogP contribution in [0.2, 0.25) is 0 Å². The summed E-state index contributed by atoms with van der Waals surface area (Å²) in [5, 5.41) is 10.1. The molecule has 1 aromatic rings. The van der Waals surface area contributed by atoms with Gasteiger partial charge in [0.05, 0.1) is 24.5 Å². The summed E-state index contributed by atoms with van der Waals surface area (Å²) < 4.78 is 11.7. The molecule has 0 bridgehead atoms. The Morgan fingerprint density at radius 2 is 1.86 bits per heavy atom. The van der Waals surface area contributed by atoms with E-state index < -0.39 is 5.97 Å². The summed E-state index contributed by atoms with van der Waals surface area (Å²) >= 11 is 1.31. The number of allylic oxidation sites excluding steroid dienone is 2. The number of anilines is 1. The molecule has 1 saturated heterocycles. The van der Waals surface area contributed by atoms with Crippen LogP contribution in [0, 0.1) is 11.8 Å². The molecule has 2 aliphatic carbocycles. The third kappa shape index (κ3) is 6.00. The molecule has 194 valence electrons. The minimum Gasteiger partial charge on any atom is -0.477 e. The van der Waals surface area contributed by atoms with Crippen molar-refractivity contribution in [1.29, 1.82) is 0 Å². The fourth-order valence-corrected chi connectivity index (χ4v) is 6.77. The molecule has 4 rings (SSSR count). The first kappa shape index (κ1) is 26.4. The highest BCUT2D eigenvalue weighted by molar-refractivity contribution is 7.14. The van der Waals surface area contributed by atoms with Crippen molar-refractivity contribution in [2.24, 2.45) is 11.8 Å². The summed E-state index contributed by atoms with van der Waals surface area (Å²) in [6.45, 7) is 12.0. The van der Waals surface area contributed by atoms with Crippen LogP contribution in [0.15, 0.2) is 17.7 Å². The predicted octanol–water partition coefficient (Wildman–Crippen LogP) is 6.19. The van der Waals surface area contributed by atoms with Crippen LogP contribution in [0.3, 0.4) is 0 Å². The summed E-state index contributed by atoms with van der Waals surface area (Å²) in [7, 11) is 0. The number of nitrogens with zero attached hydrogens (tertiary/aromatic N) is 1. The molecular formula is C28H41NO5S. The quantitative estimate of drug-likeness (QED) is 0.469. The van der Waals surface area contributed by atoms with Crippen molar-refractivity contribution in [1.82, 2.24) is 0 Å². The van der Waals surface area contributed by atoms with Crippen LogP contribution in [0.1, 0.15) is 94.1 Å². The molecule has 6 nitrogen and oxygen atoms in total. The van der Waals surface area contributed by atoms with Crippen LogP contribution in [-0.2, 0) is 19.7 Å². The number of ether oxygens (including phenoxy) is 2. The van der Waals surface area contributed by atoms with Crippen LogP contribution < -0.4 is 4.90 Å². The normalized spacial score (nSPS) is 29.6. The Morgan fingerprint density at radius 1 is 1.14 bits per heavy atom. The molecule has 7 heteroatoms. The molecule has 0 unspecified atom stereocenters. The number of amides is 1. The number of rotatable bonds is 6. The van der Waals surface area contributed by atoms with Gasteiger partial charge >= 0.3 is 5.97 Å². The lowest BCUT2D eigenvalue weighted by molar-refractivity contribution is -0.124. The number of carbonyl (C=O) groups is 2. The summed E-state index contributed by atoms with van der Waals surface area (Å²) in [6.07, 6.45) is 8.52. The van der Waals surface area contributed by atoms with E-state index in [4.69, 9.17) is 9.47 Å². The molecule has 3 atom stereocenters. The molecule has 0 radical (unpaired) electrons. The molecule has 1 saturated carbocycles. The maximum absolute atomic E-state index is 14.2. The highest BCUT2D eigenvalue weighted by atomic mass is 32.1. The Labute approximate surface area is 213 Å². The fraction of sp³-hybridized carbons (Fsp3) is 0.714. The van der Waals surface area contributed by atoms with Crippen LogP contribution in [0.4, 0.5) is 5.69 Å². The van der Waals surface area contributed by atoms with Crippen molar-refractivity contribution in [3.05, 3.63) is 27.5 Å². The third-order valence-electron chi connectivity index (χ3n) is 7.79. The minimum absolute atomic E-state index is 0.0121. The Balaban J connectivity index is 1.63. The molecule has 1 N–H and O–H groups in total. The second-order valence-electron chi connectivity index (χ2n) is 11.7. The van der Waals surface area contributed by atoms with Gasteiger partial charge in [-0.25, -0.2) is 4.79 Å². The topological polar surface area (TPSA) is 76.1 Å². The first-order valence-corrected chi connectivity index (χ1v) is 14.0. The van der Waals surface area contributed by atoms with Gasteiger partial charge < -0.3 is 19.5 Å². The largest absolute Gasteiger partial charge is 0.477 e. The zero-order valence-electron chi connectivity index (χ0n) is 21.8. The van der Waals surface area contributed by atoms with Crippen molar-refractivity contribution < 1.29 is 24.2 Å². The Morgan fingerprint density at radius 3 is 2.43 bits per heavy atom. The number of carbonyl (C=O) groups excluding carboxylic acids is 1. The van der Waals surface area contributed by atoms with E-state index in [-0.39, 0.29) is 46.3 Å². The molecule has 3 aliphatic rings. The first-order valence-electron chi connectivity index (χ1n) is 13.1. The molecular weight excluding hydrogens is 462 g/mol. The number of thiophene rings is 1. The Kier molecular flexibility index (Phi) is 8.08. The first-order chi connectivity index (χ1) is 16.5. The van der Waals surface area contributed by atoms with E-state index in [2.05, 4.69) is 40.7 Å². The van der Waals surface area contributed by atoms with E-state index in [9.17, 15) is 14.7 Å². The van der Waals surface area contributed by atoms with Crippen LogP contribution in [-0.4, -0.2) is 48.4 Å². The second-order valence-corrected chi connectivity index (χ2v) is 12.8. The molecule has 0 spiro atoms. The molecule has 1 amide bonds. The van der Waals surface area contributed by atoms with Gasteiger partial charge in [-0.3, -0.25) is 4.79 Å². The zero-order valence-corrected chi connectivity index (χ0v) is 22.7. The summed E-state index contributed by atoms with van der Waals surface area (Å²) in [5.41, 5.74) is 1.73. The second kappa shape index (κ2) is 10.7. The number of carboxylic acid groups (broad SMARTS) is 1. The maximum Gasteiger partial charge on any atom is 0.348 e. The molecule has 1 aliphatic heterocycles. The van der Waals surface area contributed by atoms with E-state index in [0.29, 0.717) is 12.3 Å². The summed E-state index contributed by atoms with van der Waals surface area (Å²) in [4.78, 5) is 29.7. The molecule has 2 fully saturated rings. The Hall–Kier alpha value is -1.70. The fourth-order valence-electron chi connectivity index (χ4n) is 5.73. The average molecular weight is 504 g/mol. The molecule has 0 aromatic carbocycles. The van der Waals surface area contributed by atoms with Crippen molar-refractivity contribution in [3.63, 3.8) is 0 Å². The van der Waals surface area contributed by atoms with Crippen molar-refractivity contribution >= 4 is 28.9 Å². The number of aromatic carboxylic acids is 1. The van der Waals surface area contributed by atoms with Gasteiger partial charge in [0.15, 0.2) is 0 Å². The number of hydrogen-bond donors (Lipinski definition) is 1. The van der Waals surface area contributed by atoms with Gasteiger partial charge in [-0.05, 0) is 69.3 Å². The lowest BCUT2D eigenvalue weighted by atomic mass is 9.79. The SMILES string of the molecule is CC1=CC[C@H](C(=O)N(c2cc(C(C)(C)C)sc2C(=O)O)C2CCC(O[C@H]3CCOC3)CC2)[C@H](C)C1. The van der Waals surface area contributed by atoms with Crippen molar-refractivity contribution in [3.8, 4) is 0 Å². The van der Waals surface area contributed by atoms with E-state index in [1.165, 1.54) is 16.9 Å². The zero-order chi connectivity index (χ0) is 25.3. The summed E-state index contributed by atoms with van der Waals surface area (Å²) in [6, 6.07) is 1.96. The minimum atomic E-state index is -0.955. The standard InChI is InChI=1S/C28H41NO5S/c1-17-6-11-22(18(2)14-17)26(30)29(23-15-24(28(3,4)5)35-25(23)27(31)32)19-7-9-20(10-8-19)34-21-12-13-33-16-21/h6,15,18-22H,7-14,16H2,1-5H3,(H,31,32)/t18-,19?,20?,21+,22+/m1/s1. The molecule has 35 heavy (non-hydrogen) atoms. The van der Waals surface area contributed by atoms with Crippen LogP contribution in [0.25, 0.3) is 0 Å². The number of carboxylic acids is 1. The van der Waals surface area contributed by atoms with Gasteiger partial charge in [-0.15, -0.1) is 11.3 Å². The van der Waals surface area contributed by atoms with E-state index in [1.54, 1.807) is 0 Å². The van der Waals surface area contributed by atoms with Gasteiger partial charge in [0, 0.05) is 23.4 Å². The smallest absolute Gasteiger partial charge is 0.348 e. The lowest BCUT2D eigenvalue weighted by Gasteiger charge is -2.40. The van der Waals surface area contributed by atoms with Crippen LogP contribution >= 0.6 is 11.3 Å². The van der Waals surface area contributed by atoms with E-state index in [1.807, 2.05) is 11.0 Å². The highest BCUT2D eigenvalue weighted by Gasteiger charge is 2.39. The van der Waals surface area contributed by atoms with Crippen molar-refractivity contribution in [2.75, 3.05) is 18.1 Å². The van der Waals surface area contributed by atoms with Gasteiger partial charge in [0.1, 0.15) is 4.88 Å². The molecule has 2 heterocycles. The maximum atomic E-state index is 14.2. The molecule has 1 aromatic heterocycles. The van der Waals surface area contributed by atoms with Gasteiger partial charge in [0.25, 0.3) is 0 Å². The third-order valence-corrected chi connectivity index (χ3v) is 9.33. The lowest BCUT2D eigenvalue weighted by Crippen LogP contribution is -2.48. The van der Waals surface area contributed by atoms with Gasteiger partial charge in [0.2, 0.25) is 5.91 Å². The van der Waals surface area contributed by atoms with Crippen LogP contribution in [0.5, 0.6) is 0 Å². The number of hydrogen-bond acceptors (Lipinski definition) is 5.